The lowest BCUT2D eigenvalue weighted by Crippen LogP contribution is -2.21. The van der Waals surface area contributed by atoms with E-state index in [1.54, 1.807) is 0 Å². The summed E-state index contributed by atoms with van der Waals surface area (Å²) in [6.07, 6.45) is 0. The number of carbonyl (C=O) groups excluding carboxylic acids is 1. The van der Waals surface area contributed by atoms with Gasteiger partial charge in [-0.25, -0.2) is 22.4 Å². The topological polar surface area (TPSA) is 61.4 Å². The van der Waals surface area contributed by atoms with Crippen molar-refractivity contribution in [2.45, 2.75) is 6.61 Å². The molecule has 2 aromatic carbocycles. The summed E-state index contributed by atoms with van der Waals surface area (Å²) in [5.74, 6) is -3.79. The molecule has 0 fully saturated rings. The van der Waals surface area contributed by atoms with Gasteiger partial charge in [0, 0.05) is 23.4 Å². The Balaban J connectivity index is 2.19. The van der Waals surface area contributed by atoms with Gasteiger partial charge >= 0.3 is 6.03 Å². The molecule has 0 bridgehead atoms. The van der Waals surface area contributed by atoms with E-state index < -0.39 is 35.9 Å². The third-order valence-electron chi connectivity index (χ3n) is 2.69. The van der Waals surface area contributed by atoms with Gasteiger partial charge in [0.25, 0.3) is 0 Å². The number of halogens is 4. The molecular weight excluding hydrogens is 304 g/mol. The number of benzene rings is 2. The Morgan fingerprint density at radius 2 is 1.50 bits per heavy atom. The van der Waals surface area contributed by atoms with Crippen molar-refractivity contribution in [1.82, 2.24) is 0 Å². The van der Waals surface area contributed by atoms with Crippen molar-refractivity contribution in [3.8, 4) is 0 Å². The zero-order chi connectivity index (χ0) is 16.3. The van der Waals surface area contributed by atoms with Gasteiger partial charge in [-0.1, -0.05) is 0 Å². The number of aliphatic hydroxyl groups is 1. The fourth-order valence-corrected chi connectivity index (χ4v) is 1.79. The summed E-state index contributed by atoms with van der Waals surface area (Å²) in [6.45, 7) is -0.768. The fourth-order valence-electron chi connectivity index (χ4n) is 1.79. The minimum atomic E-state index is -1.03. The normalized spacial score (nSPS) is 10.4. The molecule has 8 heteroatoms. The minimum absolute atomic E-state index is 0.183. The van der Waals surface area contributed by atoms with Crippen molar-refractivity contribution >= 4 is 17.4 Å². The first-order valence-electron chi connectivity index (χ1n) is 6.02. The number of nitrogens with one attached hydrogen (secondary N) is 2. The molecule has 2 rings (SSSR count). The predicted molar refractivity (Wildman–Crippen MR) is 71.3 cm³/mol. The smallest absolute Gasteiger partial charge is 0.323 e. The van der Waals surface area contributed by atoms with Gasteiger partial charge in [0.2, 0.25) is 0 Å². The van der Waals surface area contributed by atoms with E-state index in [2.05, 4.69) is 10.6 Å². The summed E-state index contributed by atoms with van der Waals surface area (Å²) in [4.78, 5) is 11.7. The van der Waals surface area contributed by atoms with Crippen LogP contribution in [0.15, 0.2) is 30.3 Å². The number of hydrogen-bond acceptors (Lipinski definition) is 2. The quantitative estimate of drug-likeness (QED) is 0.761. The second-order valence-electron chi connectivity index (χ2n) is 4.31. The number of anilines is 2. The van der Waals surface area contributed by atoms with Crippen molar-refractivity contribution in [3.05, 3.63) is 59.2 Å². The van der Waals surface area contributed by atoms with E-state index in [1.165, 1.54) is 0 Å². The van der Waals surface area contributed by atoms with E-state index in [9.17, 15) is 22.4 Å². The Kier molecular flexibility index (Phi) is 4.62. The van der Waals surface area contributed by atoms with Gasteiger partial charge < -0.3 is 15.7 Å². The van der Waals surface area contributed by atoms with Crippen LogP contribution in [0.1, 0.15) is 5.56 Å². The van der Waals surface area contributed by atoms with Gasteiger partial charge in [0.15, 0.2) is 0 Å². The molecular formula is C14H10F4N2O2. The third-order valence-corrected chi connectivity index (χ3v) is 2.69. The molecule has 2 amide bonds. The second kappa shape index (κ2) is 6.44. The highest BCUT2D eigenvalue weighted by Gasteiger charge is 2.13. The summed E-state index contributed by atoms with van der Waals surface area (Å²) < 4.78 is 52.5. The van der Waals surface area contributed by atoms with Crippen molar-refractivity contribution in [1.29, 1.82) is 0 Å². The summed E-state index contributed by atoms with van der Waals surface area (Å²) in [6, 6.07) is 2.72. The third kappa shape index (κ3) is 3.73. The lowest BCUT2D eigenvalue weighted by Gasteiger charge is -2.12. The highest BCUT2D eigenvalue weighted by atomic mass is 19.1. The zero-order valence-corrected chi connectivity index (χ0v) is 11.0. The molecule has 3 N–H and O–H groups in total. The number of rotatable bonds is 3. The monoisotopic (exact) mass is 314 g/mol. The first kappa shape index (κ1) is 15.8. The molecule has 0 aliphatic rings. The lowest BCUT2D eigenvalue weighted by atomic mass is 10.1. The van der Waals surface area contributed by atoms with Crippen molar-refractivity contribution in [2.75, 3.05) is 10.6 Å². The molecule has 0 spiro atoms. The molecule has 0 aliphatic heterocycles. The number of hydrogen-bond donors (Lipinski definition) is 3. The molecule has 0 radical (unpaired) electrons. The highest BCUT2D eigenvalue weighted by molar-refractivity contribution is 6.00. The Bertz CT molecular complexity index is 702. The van der Waals surface area contributed by atoms with E-state index in [-0.39, 0.29) is 16.9 Å². The summed E-state index contributed by atoms with van der Waals surface area (Å²) in [5, 5.41) is 13.2. The van der Waals surface area contributed by atoms with Crippen LogP contribution in [0.4, 0.5) is 33.7 Å². The Hall–Kier alpha value is -2.61. The van der Waals surface area contributed by atoms with E-state index >= 15 is 0 Å². The molecule has 0 aliphatic carbocycles. The van der Waals surface area contributed by atoms with Crippen LogP contribution in [0.3, 0.4) is 0 Å². The Morgan fingerprint density at radius 1 is 0.909 bits per heavy atom. The van der Waals surface area contributed by atoms with Crippen LogP contribution in [0.5, 0.6) is 0 Å². The molecule has 0 unspecified atom stereocenters. The van der Waals surface area contributed by atoms with Crippen LogP contribution >= 0.6 is 0 Å². The van der Waals surface area contributed by atoms with Crippen molar-refractivity contribution in [3.63, 3.8) is 0 Å². The zero-order valence-electron chi connectivity index (χ0n) is 11.0. The summed E-state index contributed by atoms with van der Waals surface area (Å²) >= 11 is 0. The molecule has 2 aromatic rings. The van der Waals surface area contributed by atoms with Gasteiger partial charge in [-0.2, -0.15) is 0 Å². The van der Waals surface area contributed by atoms with Gasteiger partial charge in [0.05, 0.1) is 12.3 Å². The average Bonchev–Trinajstić information content (AvgIpc) is 2.36. The van der Waals surface area contributed by atoms with E-state index in [0.717, 1.165) is 18.2 Å². The first-order valence-corrected chi connectivity index (χ1v) is 6.02. The molecule has 0 atom stereocenters. The van der Waals surface area contributed by atoms with Crippen LogP contribution in [0.2, 0.25) is 0 Å². The first-order chi connectivity index (χ1) is 10.4. The second-order valence-corrected chi connectivity index (χ2v) is 4.31. The largest absolute Gasteiger partial charge is 0.391 e. The van der Waals surface area contributed by atoms with E-state index in [4.69, 9.17) is 5.11 Å². The minimum Gasteiger partial charge on any atom is -0.391 e. The summed E-state index contributed by atoms with van der Waals surface area (Å²) in [5.41, 5.74) is -0.797. The molecule has 22 heavy (non-hydrogen) atoms. The van der Waals surface area contributed by atoms with Gasteiger partial charge in [-0.05, 0) is 18.2 Å². The lowest BCUT2D eigenvalue weighted by molar-refractivity contribution is 0.261. The van der Waals surface area contributed by atoms with Gasteiger partial charge in [-0.3, -0.25) is 0 Å². The highest BCUT2D eigenvalue weighted by Crippen LogP contribution is 2.21. The van der Waals surface area contributed by atoms with Crippen LogP contribution in [-0.2, 0) is 6.61 Å². The van der Waals surface area contributed by atoms with Crippen molar-refractivity contribution < 1.29 is 27.5 Å². The van der Waals surface area contributed by atoms with Crippen LogP contribution in [-0.4, -0.2) is 11.1 Å². The number of amides is 2. The number of carbonyl (C=O) groups is 1. The van der Waals surface area contributed by atoms with E-state index in [1.807, 2.05) is 0 Å². The Labute approximate surface area is 122 Å². The average molecular weight is 314 g/mol. The maximum atomic E-state index is 13.4. The SMILES string of the molecule is O=C(Nc1cc(F)cc(F)c1)Nc1cc(F)cc(F)c1CO. The molecule has 0 saturated carbocycles. The predicted octanol–water partition coefficient (Wildman–Crippen LogP) is 3.38. The number of aliphatic hydroxyl groups excluding tert-OH is 1. The Morgan fingerprint density at radius 3 is 2.09 bits per heavy atom. The van der Waals surface area contributed by atoms with Crippen LogP contribution in [0, 0.1) is 23.3 Å². The molecule has 0 aromatic heterocycles. The fraction of sp³-hybridized carbons (Fsp3) is 0.0714. The van der Waals surface area contributed by atoms with Gasteiger partial charge in [-0.15, -0.1) is 0 Å². The molecule has 0 saturated heterocycles. The van der Waals surface area contributed by atoms with Crippen molar-refractivity contribution in [2.24, 2.45) is 0 Å². The van der Waals surface area contributed by atoms with E-state index in [0.29, 0.717) is 12.1 Å². The maximum absolute atomic E-state index is 13.4. The molecule has 4 nitrogen and oxygen atoms in total. The number of urea groups is 1. The molecule has 116 valence electrons. The molecule has 0 heterocycles. The van der Waals surface area contributed by atoms with Gasteiger partial charge in [0.1, 0.15) is 23.3 Å². The van der Waals surface area contributed by atoms with Crippen LogP contribution in [0.25, 0.3) is 0 Å². The standard InChI is InChI=1S/C14H10F4N2O2/c15-7-1-8(16)3-10(2-7)19-14(22)20-13-5-9(17)4-12(18)11(13)6-21/h1-5,21H,6H2,(H2,19,20,22). The maximum Gasteiger partial charge on any atom is 0.323 e. The summed E-state index contributed by atoms with van der Waals surface area (Å²) in [7, 11) is 0. The van der Waals surface area contributed by atoms with Crippen LogP contribution < -0.4 is 10.6 Å².